The molecule has 2 saturated carbocycles. The van der Waals surface area contributed by atoms with Crippen molar-refractivity contribution in [2.75, 3.05) is 0 Å². The highest BCUT2D eigenvalue weighted by Crippen LogP contribution is 2.41. The Morgan fingerprint density at radius 3 is 2.24 bits per heavy atom. The van der Waals surface area contributed by atoms with Gasteiger partial charge in [0.2, 0.25) is 5.91 Å². The summed E-state index contributed by atoms with van der Waals surface area (Å²) in [5.41, 5.74) is 0.778. The minimum Gasteiger partial charge on any atom is -0.277 e. The van der Waals surface area contributed by atoms with Gasteiger partial charge in [-0.2, -0.15) is 0 Å². The second kappa shape index (κ2) is 6.18. The summed E-state index contributed by atoms with van der Waals surface area (Å²) >= 11 is 0. The van der Waals surface area contributed by atoms with E-state index in [4.69, 9.17) is 5.84 Å². The normalized spacial score (nSPS) is 22.1. The average molecular weight is 286 g/mol. The molecule has 2 aliphatic rings. The van der Waals surface area contributed by atoms with Crippen molar-refractivity contribution in [3.63, 3.8) is 0 Å². The van der Waals surface area contributed by atoms with Crippen LogP contribution in [0.25, 0.3) is 0 Å². The van der Waals surface area contributed by atoms with Crippen LogP contribution in [0.4, 0.5) is 0 Å². The standard InChI is InChI=1S/C18H26N2O/c19-20(16-11-5-6-12-16)17(21)18(13-7-2-8-14-18)15-9-3-1-4-10-15/h1,3-4,9-10,16H,2,5-8,11-14,19H2. The van der Waals surface area contributed by atoms with Gasteiger partial charge in [0, 0.05) is 6.04 Å². The van der Waals surface area contributed by atoms with E-state index in [0.29, 0.717) is 0 Å². The molecule has 21 heavy (non-hydrogen) atoms. The number of hydrazine groups is 1. The summed E-state index contributed by atoms with van der Waals surface area (Å²) in [5, 5.41) is 1.59. The van der Waals surface area contributed by atoms with Crippen molar-refractivity contribution in [1.29, 1.82) is 0 Å². The van der Waals surface area contributed by atoms with Crippen molar-refractivity contribution in [2.45, 2.75) is 69.2 Å². The summed E-state index contributed by atoms with van der Waals surface area (Å²) in [7, 11) is 0. The fourth-order valence-electron chi connectivity index (χ4n) is 4.13. The topological polar surface area (TPSA) is 46.3 Å². The molecular formula is C18H26N2O. The Kier molecular flexibility index (Phi) is 4.29. The van der Waals surface area contributed by atoms with Crippen molar-refractivity contribution in [2.24, 2.45) is 5.84 Å². The van der Waals surface area contributed by atoms with E-state index < -0.39 is 0 Å². The molecule has 1 aromatic carbocycles. The molecule has 0 bridgehead atoms. The number of hydrogen-bond acceptors (Lipinski definition) is 2. The van der Waals surface area contributed by atoms with Crippen molar-refractivity contribution in [3.8, 4) is 0 Å². The summed E-state index contributed by atoms with van der Waals surface area (Å²) in [5.74, 6) is 6.41. The molecule has 0 spiro atoms. The van der Waals surface area contributed by atoms with Gasteiger partial charge >= 0.3 is 0 Å². The Hall–Kier alpha value is -1.35. The molecule has 0 unspecified atom stereocenters. The molecule has 0 aliphatic heterocycles. The molecule has 0 aromatic heterocycles. The summed E-state index contributed by atoms with van der Waals surface area (Å²) in [6.07, 6.45) is 9.88. The Labute approximate surface area is 127 Å². The number of hydrogen-bond donors (Lipinski definition) is 1. The maximum absolute atomic E-state index is 13.2. The second-order valence-electron chi connectivity index (χ2n) is 6.66. The van der Waals surface area contributed by atoms with E-state index in [1.165, 1.54) is 19.3 Å². The van der Waals surface area contributed by atoms with Crippen LogP contribution in [0.3, 0.4) is 0 Å². The van der Waals surface area contributed by atoms with Gasteiger partial charge < -0.3 is 0 Å². The molecule has 2 N–H and O–H groups in total. The number of benzene rings is 1. The molecule has 0 saturated heterocycles. The third-order valence-corrected chi connectivity index (χ3v) is 5.40. The van der Waals surface area contributed by atoms with Crippen LogP contribution in [-0.2, 0) is 10.2 Å². The van der Waals surface area contributed by atoms with Crippen molar-refractivity contribution in [1.82, 2.24) is 5.01 Å². The van der Waals surface area contributed by atoms with Crippen LogP contribution in [0.1, 0.15) is 63.4 Å². The van der Waals surface area contributed by atoms with Gasteiger partial charge in [0.15, 0.2) is 0 Å². The summed E-state index contributed by atoms with van der Waals surface area (Å²) < 4.78 is 0. The van der Waals surface area contributed by atoms with E-state index in [1.54, 1.807) is 5.01 Å². The molecule has 2 fully saturated rings. The van der Waals surface area contributed by atoms with Crippen LogP contribution in [0.5, 0.6) is 0 Å². The van der Waals surface area contributed by atoms with Crippen molar-refractivity contribution in [3.05, 3.63) is 35.9 Å². The first-order chi connectivity index (χ1) is 10.2. The molecule has 1 aromatic rings. The number of carbonyl (C=O) groups is 1. The Bertz CT molecular complexity index is 473. The lowest BCUT2D eigenvalue weighted by Gasteiger charge is -2.40. The van der Waals surface area contributed by atoms with Crippen molar-refractivity contribution < 1.29 is 4.79 Å². The van der Waals surface area contributed by atoms with E-state index in [-0.39, 0.29) is 17.4 Å². The Morgan fingerprint density at radius 1 is 1.00 bits per heavy atom. The largest absolute Gasteiger partial charge is 0.277 e. The Morgan fingerprint density at radius 2 is 1.62 bits per heavy atom. The number of amides is 1. The first kappa shape index (κ1) is 14.6. The van der Waals surface area contributed by atoms with E-state index in [1.807, 2.05) is 18.2 Å². The molecule has 114 valence electrons. The maximum Gasteiger partial charge on any atom is 0.247 e. The zero-order valence-electron chi connectivity index (χ0n) is 12.8. The first-order valence-corrected chi connectivity index (χ1v) is 8.38. The van der Waals surface area contributed by atoms with Crippen LogP contribution in [0, 0.1) is 0 Å². The van der Waals surface area contributed by atoms with E-state index in [9.17, 15) is 4.79 Å². The maximum atomic E-state index is 13.2. The fourth-order valence-corrected chi connectivity index (χ4v) is 4.13. The van der Waals surface area contributed by atoms with E-state index >= 15 is 0 Å². The van der Waals surface area contributed by atoms with Gasteiger partial charge in [-0.1, -0.05) is 62.4 Å². The van der Waals surface area contributed by atoms with Gasteiger partial charge in [-0.05, 0) is 31.2 Å². The van der Waals surface area contributed by atoms with Crippen LogP contribution in [0.15, 0.2) is 30.3 Å². The lowest BCUT2D eigenvalue weighted by Crippen LogP contribution is -2.54. The van der Waals surface area contributed by atoms with Crippen LogP contribution in [-0.4, -0.2) is 17.0 Å². The van der Waals surface area contributed by atoms with Crippen molar-refractivity contribution >= 4 is 5.91 Å². The lowest BCUT2D eigenvalue weighted by molar-refractivity contribution is -0.141. The summed E-state index contributed by atoms with van der Waals surface area (Å²) in [6, 6.07) is 10.5. The van der Waals surface area contributed by atoms with Gasteiger partial charge in [-0.3, -0.25) is 9.80 Å². The van der Waals surface area contributed by atoms with Gasteiger partial charge in [0.05, 0.1) is 5.41 Å². The first-order valence-electron chi connectivity index (χ1n) is 8.38. The highest BCUT2D eigenvalue weighted by Gasteiger charge is 2.44. The SMILES string of the molecule is NN(C(=O)C1(c2ccccc2)CCCCC1)C1CCCC1. The smallest absolute Gasteiger partial charge is 0.247 e. The fraction of sp³-hybridized carbons (Fsp3) is 0.611. The second-order valence-corrected chi connectivity index (χ2v) is 6.66. The molecule has 0 atom stereocenters. The third kappa shape index (κ3) is 2.71. The zero-order valence-corrected chi connectivity index (χ0v) is 12.8. The number of nitrogens with two attached hydrogens (primary N) is 1. The number of nitrogens with zero attached hydrogens (tertiary/aromatic N) is 1. The number of carbonyl (C=O) groups excluding carboxylic acids is 1. The monoisotopic (exact) mass is 286 g/mol. The number of rotatable bonds is 3. The molecule has 2 aliphatic carbocycles. The van der Waals surface area contributed by atoms with Gasteiger partial charge in [0.1, 0.15) is 0 Å². The van der Waals surface area contributed by atoms with E-state index in [2.05, 4.69) is 12.1 Å². The molecule has 0 heterocycles. The summed E-state index contributed by atoms with van der Waals surface area (Å²) in [6.45, 7) is 0. The lowest BCUT2D eigenvalue weighted by atomic mass is 9.68. The van der Waals surface area contributed by atoms with Gasteiger partial charge in [0.25, 0.3) is 0 Å². The minimum atomic E-state index is -0.378. The highest BCUT2D eigenvalue weighted by molar-refractivity contribution is 5.88. The predicted molar refractivity (Wildman–Crippen MR) is 84.5 cm³/mol. The minimum absolute atomic E-state index is 0.153. The molecular weight excluding hydrogens is 260 g/mol. The van der Waals surface area contributed by atoms with Crippen LogP contribution < -0.4 is 5.84 Å². The van der Waals surface area contributed by atoms with Gasteiger partial charge in [-0.25, -0.2) is 5.84 Å². The van der Waals surface area contributed by atoms with Crippen LogP contribution >= 0.6 is 0 Å². The van der Waals surface area contributed by atoms with E-state index in [0.717, 1.165) is 44.1 Å². The molecule has 0 radical (unpaired) electrons. The highest BCUT2D eigenvalue weighted by atomic mass is 16.2. The Balaban J connectivity index is 1.89. The predicted octanol–water partition coefficient (Wildman–Crippen LogP) is 3.53. The quantitative estimate of drug-likeness (QED) is 0.525. The molecule has 3 rings (SSSR count). The molecule has 3 nitrogen and oxygen atoms in total. The molecule has 3 heteroatoms. The third-order valence-electron chi connectivity index (χ3n) is 5.40. The zero-order chi connectivity index (χ0) is 14.7. The van der Waals surface area contributed by atoms with Gasteiger partial charge in [-0.15, -0.1) is 0 Å². The summed E-state index contributed by atoms with van der Waals surface area (Å²) in [4.78, 5) is 13.2. The molecule has 1 amide bonds. The average Bonchev–Trinajstić information content (AvgIpc) is 3.09. The van der Waals surface area contributed by atoms with Crippen LogP contribution in [0.2, 0.25) is 0 Å².